The summed E-state index contributed by atoms with van der Waals surface area (Å²) in [6, 6.07) is 22.2. The van der Waals surface area contributed by atoms with E-state index < -0.39 is 15.9 Å². The average molecular weight is 408 g/mol. The maximum absolute atomic E-state index is 13.4. The molecule has 0 atom stereocenters. The molecule has 4 nitrogen and oxygen atoms in total. The molecule has 0 spiro atoms. The van der Waals surface area contributed by atoms with Crippen molar-refractivity contribution in [2.75, 3.05) is 4.31 Å². The van der Waals surface area contributed by atoms with Gasteiger partial charge in [-0.1, -0.05) is 61.4 Å². The van der Waals surface area contributed by atoms with Crippen molar-refractivity contribution in [3.8, 4) is 0 Å². The molecule has 150 valence electrons. The molecule has 0 heterocycles. The first-order valence-corrected chi connectivity index (χ1v) is 11.2. The minimum absolute atomic E-state index is 0.0797. The summed E-state index contributed by atoms with van der Waals surface area (Å²) in [4.78, 5) is 13.4. The maximum Gasteiger partial charge on any atom is 0.272 e. The summed E-state index contributed by atoms with van der Waals surface area (Å²) in [5.74, 6) is -0.570. The number of hydrogen-bond acceptors (Lipinski definition) is 3. The van der Waals surface area contributed by atoms with Gasteiger partial charge in [-0.2, -0.15) is 4.31 Å². The van der Waals surface area contributed by atoms with E-state index in [1.807, 2.05) is 25.1 Å². The van der Waals surface area contributed by atoms with E-state index in [1.165, 1.54) is 12.1 Å². The van der Waals surface area contributed by atoms with E-state index in [0.29, 0.717) is 11.3 Å². The second-order valence-corrected chi connectivity index (χ2v) is 8.81. The van der Waals surface area contributed by atoms with Crippen molar-refractivity contribution in [1.82, 2.24) is 0 Å². The Morgan fingerprint density at radius 3 is 2.21 bits per heavy atom. The smallest absolute Gasteiger partial charge is 0.268 e. The monoisotopic (exact) mass is 407 g/mol. The van der Waals surface area contributed by atoms with Crippen molar-refractivity contribution in [2.24, 2.45) is 0 Å². The molecule has 0 radical (unpaired) electrons. The number of benzene rings is 3. The number of nitrogens with zero attached hydrogens (tertiary/aromatic N) is 1. The van der Waals surface area contributed by atoms with Gasteiger partial charge >= 0.3 is 0 Å². The molecule has 0 aliphatic carbocycles. The third kappa shape index (κ3) is 4.74. The number of aryl methyl sites for hydroxylation is 2. The zero-order chi connectivity index (χ0) is 20.9. The van der Waals surface area contributed by atoms with Gasteiger partial charge in [0.05, 0.1) is 10.6 Å². The lowest BCUT2D eigenvalue weighted by atomic mass is 10.1. The SMILES string of the molecule is CCCCc1ccc(N(C(=O)c2cccc(C)c2)S(=O)(=O)c2ccccc2)cc1. The highest BCUT2D eigenvalue weighted by Gasteiger charge is 2.31. The van der Waals surface area contributed by atoms with Crippen LogP contribution in [0.15, 0.2) is 83.8 Å². The lowest BCUT2D eigenvalue weighted by molar-refractivity contribution is 0.101. The largest absolute Gasteiger partial charge is 0.272 e. The molecule has 3 rings (SSSR count). The molecule has 3 aromatic rings. The Kier molecular flexibility index (Phi) is 6.49. The Balaban J connectivity index is 2.08. The second kappa shape index (κ2) is 9.05. The summed E-state index contributed by atoms with van der Waals surface area (Å²) in [6.07, 6.45) is 3.07. The van der Waals surface area contributed by atoms with Gasteiger partial charge < -0.3 is 0 Å². The molecule has 0 bridgehead atoms. The van der Waals surface area contributed by atoms with Gasteiger partial charge in [0.2, 0.25) is 0 Å². The molecule has 0 aromatic heterocycles. The Hall–Kier alpha value is -2.92. The molecule has 5 heteroatoms. The summed E-state index contributed by atoms with van der Waals surface area (Å²) in [7, 11) is -4.06. The molecule has 0 N–H and O–H groups in total. The Morgan fingerprint density at radius 2 is 1.59 bits per heavy atom. The van der Waals surface area contributed by atoms with Crippen molar-refractivity contribution in [3.63, 3.8) is 0 Å². The first-order valence-electron chi connectivity index (χ1n) is 9.74. The molecule has 0 aliphatic heterocycles. The van der Waals surface area contributed by atoms with E-state index in [1.54, 1.807) is 48.5 Å². The van der Waals surface area contributed by atoms with E-state index in [9.17, 15) is 13.2 Å². The summed E-state index contributed by atoms with van der Waals surface area (Å²) >= 11 is 0. The number of amides is 1. The predicted molar refractivity (Wildman–Crippen MR) is 117 cm³/mol. The van der Waals surface area contributed by atoms with Gasteiger partial charge in [-0.05, 0) is 61.7 Å². The van der Waals surface area contributed by atoms with E-state index in [0.717, 1.165) is 34.7 Å². The van der Waals surface area contributed by atoms with Crippen LogP contribution in [0.1, 0.15) is 41.3 Å². The van der Waals surface area contributed by atoms with Gasteiger partial charge in [-0.3, -0.25) is 4.79 Å². The Morgan fingerprint density at radius 1 is 0.897 bits per heavy atom. The summed E-state index contributed by atoms with van der Waals surface area (Å²) in [5.41, 5.74) is 2.68. The number of sulfonamides is 1. The van der Waals surface area contributed by atoms with Crippen molar-refractivity contribution in [1.29, 1.82) is 0 Å². The van der Waals surface area contributed by atoms with E-state index >= 15 is 0 Å². The normalized spacial score (nSPS) is 11.2. The fourth-order valence-corrected chi connectivity index (χ4v) is 4.57. The molecule has 0 fully saturated rings. The second-order valence-electron chi connectivity index (χ2n) is 7.03. The molecular formula is C24H25NO3S. The van der Waals surface area contributed by atoms with Crippen LogP contribution in [-0.2, 0) is 16.4 Å². The lowest BCUT2D eigenvalue weighted by Gasteiger charge is -2.23. The minimum atomic E-state index is -4.06. The number of carbonyl (C=O) groups is 1. The van der Waals surface area contributed by atoms with Gasteiger partial charge in [0, 0.05) is 5.56 Å². The van der Waals surface area contributed by atoms with E-state index in [-0.39, 0.29) is 4.90 Å². The zero-order valence-corrected chi connectivity index (χ0v) is 17.5. The molecule has 1 amide bonds. The number of unbranched alkanes of at least 4 members (excludes halogenated alkanes) is 1. The maximum atomic E-state index is 13.4. The third-order valence-electron chi connectivity index (χ3n) is 4.72. The van der Waals surface area contributed by atoms with Crippen LogP contribution >= 0.6 is 0 Å². The van der Waals surface area contributed by atoms with Crippen LogP contribution in [0.2, 0.25) is 0 Å². The van der Waals surface area contributed by atoms with Crippen LogP contribution in [0.5, 0.6) is 0 Å². The highest BCUT2D eigenvalue weighted by atomic mass is 32.2. The van der Waals surface area contributed by atoms with Crippen molar-refractivity contribution in [2.45, 2.75) is 38.0 Å². The first kappa shape index (κ1) is 20.8. The lowest BCUT2D eigenvalue weighted by Crippen LogP contribution is -2.37. The topological polar surface area (TPSA) is 54.5 Å². The number of carbonyl (C=O) groups excluding carboxylic acids is 1. The van der Waals surface area contributed by atoms with Crippen LogP contribution in [-0.4, -0.2) is 14.3 Å². The number of rotatable bonds is 7. The zero-order valence-electron chi connectivity index (χ0n) is 16.7. The molecule has 0 saturated heterocycles. The van der Waals surface area contributed by atoms with E-state index in [4.69, 9.17) is 0 Å². The molecule has 0 unspecified atom stereocenters. The summed E-state index contributed by atoms with van der Waals surface area (Å²) < 4.78 is 27.7. The predicted octanol–water partition coefficient (Wildman–Crippen LogP) is 5.37. The average Bonchev–Trinajstić information content (AvgIpc) is 2.74. The quantitative estimate of drug-likeness (QED) is 0.529. The van der Waals surface area contributed by atoms with Crippen LogP contribution in [0.25, 0.3) is 0 Å². The van der Waals surface area contributed by atoms with Crippen LogP contribution in [0.4, 0.5) is 5.69 Å². The van der Waals surface area contributed by atoms with Gasteiger partial charge in [0.25, 0.3) is 15.9 Å². The summed E-state index contributed by atoms with van der Waals surface area (Å²) in [6.45, 7) is 4.00. The number of anilines is 1. The minimum Gasteiger partial charge on any atom is -0.268 e. The van der Waals surface area contributed by atoms with E-state index in [2.05, 4.69) is 6.92 Å². The highest BCUT2D eigenvalue weighted by molar-refractivity contribution is 7.93. The molecular weight excluding hydrogens is 382 g/mol. The third-order valence-corrected chi connectivity index (χ3v) is 6.45. The van der Waals surface area contributed by atoms with Gasteiger partial charge in [-0.15, -0.1) is 0 Å². The Labute approximate surface area is 172 Å². The van der Waals surface area contributed by atoms with Gasteiger partial charge in [-0.25, -0.2) is 8.42 Å². The van der Waals surface area contributed by atoms with Gasteiger partial charge in [0.1, 0.15) is 0 Å². The molecule has 29 heavy (non-hydrogen) atoms. The van der Waals surface area contributed by atoms with Crippen LogP contribution in [0, 0.1) is 6.92 Å². The first-order chi connectivity index (χ1) is 13.9. The fourth-order valence-electron chi connectivity index (χ4n) is 3.14. The van der Waals surface area contributed by atoms with Crippen LogP contribution in [0.3, 0.4) is 0 Å². The summed E-state index contributed by atoms with van der Waals surface area (Å²) in [5, 5.41) is 0. The number of hydrogen-bond donors (Lipinski definition) is 0. The van der Waals surface area contributed by atoms with Crippen LogP contribution < -0.4 is 4.31 Å². The molecule has 0 saturated carbocycles. The van der Waals surface area contributed by atoms with Gasteiger partial charge in [0.15, 0.2) is 0 Å². The fraction of sp³-hybridized carbons (Fsp3) is 0.208. The van der Waals surface area contributed by atoms with Crippen molar-refractivity contribution < 1.29 is 13.2 Å². The molecule has 3 aromatic carbocycles. The highest BCUT2D eigenvalue weighted by Crippen LogP contribution is 2.27. The van der Waals surface area contributed by atoms with Crippen molar-refractivity contribution >= 4 is 21.6 Å². The molecule has 0 aliphatic rings. The Bertz CT molecular complexity index is 1070. The standard InChI is InChI=1S/C24H25NO3S/c1-3-4-10-20-14-16-22(17-15-20)25(24(26)21-11-8-9-19(2)18-21)29(27,28)23-12-6-5-7-13-23/h5-9,11-18H,3-4,10H2,1-2H3. The van der Waals surface area contributed by atoms with Crippen molar-refractivity contribution in [3.05, 3.63) is 95.6 Å².